The van der Waals surface area contributed by atoms with Gasteiger partial charge in [0.2, 0.25) is 0 Å². The lowest BCUT2D eigenvalue weighted by Gasteiger charge is -2.34. The summed E-state index contributed by atoms with van der Waals surface area (Å²) in [5.41, 5.74) is 1.28. The molecule has 0 radical (unpaired) electrons. The van der Waals surface area contributed by atoms with Crippen LogP contribution in [0.4, 0.5) is 0 Å². The lowest BCUT2D eigenvalue weighted by molar-refractivity contribution is -0.121. The Balaban J connectivity index is 2.82. The SMILES string of the molecule is CCCC(C)(CC)N[C@H](Cc1ccccc1)C(=O)CC. The lowest BCUT2D eigenvalue weighted by Crippen LogP contribution is -2.51. The van der Waals surface area contributed by atoms with Crippen molar-refractivity contribution in [1.29, 1.82) is 0 Å². The molecule has 0 bridgehead atoms. The molecular weight excluding hydrogens is 246 g/mol. The summed E-state index contributed by atoms with van der Waals surface area (Å²) in [5, 5.41) is 3.63. The van der Waals surface area contributed by atoms with Crippen molar-refractivity contribution in [2.45, 2.75) is 71.4 Å². The summed E-state index contributed by atoms with van der Waals surface area (Å²) in [6.07, 6.45) is 4.66. The molecule has 112 valence electrons. The molecule has 0 amide bonds. The molecule has 0 spiro atoms. The maximum atomic E-state index is 12.3. The number of carbonyl (C=O) groups is 1. The normalized spacial score (nSPS) is 15.6. The molecule has 2 nitrogen and oxygen atoms in total. The third-order valence-electron chi connectivity index (χ3n) is 4.12. The highest BCUT2D eigenvalue weighted by Crippen LogP contribution is 2.19. The van der Waals surface area contributed by atoms with E-state index in [9.17, 15) is 4.79 Å². The first-order chi connectivity index (χ1) is 9.54. The van der Waals surface area contributed by atoms with Crippen molar-refractivity contribution >= 4 is 5.78 Å². The summed E-state index contributed by atoms with van der Waals surface area (Å²) in [5.74, 6) is 0.310. The van der Waals surface area contributed by atoms with E-state index >= 15 is 0 Å². The number of hydrogen-bond donors (Lipinski definition) is 1. The van der Waals surface area contributed by atoms with Gasteiger partial charge in [0, 0.05) is 12.0 Å². The van der Waals surface area contributed by atoms with Gasteiger partial charge in [-0.15, -0.1) is 0 Å². The Hall–Kier alpha value is -1.15. The van der Waals surface area contributed by atoms with Crippen LogP contribution in [-0.4, -0.2) is 17.4 Å². The third-order valence-corrected chi connectivity index (χ3v) is 4.12. The van der Waals surface area contributed by atoms with Gasteiger partial charge in [-0.1, -0.05) is 57.5 Å². The molecule has 20 heavy (non-hydrogen) atoms. The molecule has 1 unspecified atom stereocenters. The van der Waals surface area contributed by atoms with Gasteiger partial charge in [-0.25, -0.2) is 0 Å². The lowest BCUT2D eigenvalue weighted by atomic mass is 9.89. The quantitative estimate of drug-likeness (QED) is 0.734. The Morgan fingerprint density at radius 2 is 1.85 bits per heavy atom. The first-order valence-electron chi connectivity index (χ1n) is 7.89. The molecule has 1 rings (SSSR count). The summed E-state index contributed by atoms with van der Waals surface area (Å²) >= 11 is 0. The highest BCUT2D eigenvalue weighted by Gasteiger charge is 2.27. The van der Waals surface area contributed by atoms with Gasteiger partial charge in [0.15, 0.2) is 0 Å². The van der Waals surface area contributed by atoms with Crippen LogP contribution in [0.3, 0.4) is 0 Å². The fraction of sp³-hybridized carbons (Fsp3) is 0.611. The topological polar surface area (TPSA) is 29.1 Å². The summed E-state index contributed by atoms with van der Waals surface area (Å²) in [6, 6.07) is 10.2. The summed E-state index contributed by atoms with van der Waals surface area (Å²) < 4.78 is 0. The van der Waals surface area contributed by atoms with Crippen LogP contribution >= 0.6 is 0 Å². The molecule has 0 saturated carbocycles. The molecule has 0 aromatic heterocycles. The van der Waals surface area contributed by atoms with Gasteiger partial charge in [0.25, 0.3) is 0 Å². The van der Waals surface area contributed by atoms with Gasteiger partial charge in [-0.3, -0.25) is 4.79 Å². The van der Waals surface area contributed by atoms with E-state index in [0.29, 0.717) is 12.2 Å². The maximum absolute atomic E-state index is 12.3. The van der Waals surface area contributed by atoms with Gasteiger partial charge in [-0.2, -0.15) is 0 Å². The zero-order chi connectivity index (χ0) is 15.0. The molecule has 1 aromatic rings. The van der Waals surface area contributed by atoms with Crippen LogP contribution in [0.1, 0.15) is 58.9 Å². The Labute approximate surface area is 124 Å². The fourth-order valence-electron chi connectivity index (χ4n) is 2.66. The van der Waals surface area contributed by atoms with E-state index in [1.807, 2.05) is 25.1 Å². The predicted octanol–water partition coefficient (Wildman–Crippen LogP) is 4.14. The Morgan fingerprint density at radius 3 is 2.35 bits per heavy atom. The zero-order valence-electron chi connectivity index (χ0n) is 13.4. The van der Waals surface area contributed by atoms with Crippen LogP contribution in [0, 0.1) is 0 Å². The van der Waals surface area contributed by atoms with Crippen molar-refractivity contribution in [3.05, 3.63) is 35.9 Å². The summed E-state index contributed by atoms with van der Waals surface area (Å²) in [7, 11) is 0. The molecule has 0 aliphatic heterocycles. The molecule has 0 heterocycles. The van der Waals surface area contributed by atoms with E-state index in [0.717, 1.165) is 25.7 Å². The third kappa shape index (κ3) is 5.09. The smallest absolute Gasteiger partial charge is 0.149 e. The standard InChI is InChI=1S/C18H29NO/c1-5-13-18(4,7-3)19-16(17(20)6-2)14-15-11-9-8-10-12-15/h8-12,16,19H,5-7,13-14H2,1-4H3/t16-,18?/m1/s1. The molecule has 0 aliphatic rings. The van der Waals surface area contributed by atoms with Crippen molar-refractivity contribution in [2.24, 2.45) is 0 Å². The highest BCUT2D eigenvalue weighted by atomic mass is 16.1. The predicted molar refractivity (Wildman–Crippen MR) is 86.0 cm³/mol. The average molecular weight is 275 g/mol. The van der Waals surface area contributed by atoms with Crippen molar-refractivity contribution in [1.82, 2.24) is 5.32 Å². The Bertz CT molecular complexity index is 401. The molecule has 0 fully saturated rings. The van der Waals surface area contributed by atoms with Crippen molar-refractivity contribution in [2.75, 3.05) is 0 Å². The second-order valence-corrected chi connectivity index (χ2v) is 5.87. The number of carbonyl (C=O) groups excluding carboxylic acids is 1. The molecule has 0 saturated heterocycles. The van der Waals surface area contributed by atoms with Gasteiger partial charge >= 0.3 is 0 Å². The molecule has 2 atom stereocenters. The van der Waals surface area contributed by atoms with Crippen LogP contribution in [0.5, 0.6) is 0 Å². The maximum Gasteiger partial charge on any atom is 0.149 e. The van der Waals surface area contributed by atoms with Gasteiger partial charge in [0.1, 0.15) is 5.78 Å². The zero-order valence-corrected chi connectivity index (χ0v) is 13.4. The molecule has 2 heteroatoms. The second kappa shape index (κ2) is 8.21. The first kappa shape index (κ1) is 16.9. The van der Waals surface area contributed by atoms with Crippen molar-refractivity contribution < 1.29 is 4.79 Å². The van der Waals surface area contributed by atoms with Crippen LogP contribution in [0.15, 0.2) is 30.3 Å². The molecule has 1 aromatic carbocycles. The van der Waals surface area contributed by atoms with E-state index in [1.54, 1.807) is 0 Å². The minimum Gasteiger partial charge on any atom is -0.302 e. The summed E-state index contributed by atoms with van der Waals surface area (Å²) in [4.78, 5) is 12.3. The number of ketones is 1. The van der Waals surface area contributed by atoms with E-state index in [-0.39, 0.29) is 11.6 Å². The number of hydrogen-bond acceptors (Lipinski definition) is 2. The van der Waals surface area contributed by atoms with E-state index in [1.165, 1.54) is 5.56 Å². The Kier molecular flexibility index (Phi) is 6.94. The van der Waals surface area contributed by atoms with E-state index in [2.05, 4.69) is 38.2 Å². The number of benzene rings is 1. The fourth-order valence-corrected chi connectivity index (χ4v) is 2.66. The molecule has 1 N–H and O–H groups in total. The highest BCUT2D eigenvalue weighted by molar-refractivity contribution is 5.84. The van der Waals surface area contributed by atoms with E-state index < -0.39 is 0 Å². The van der Waals surface area contributed by atoms with Gasteiger partial charge in [-0.05, 0) is 31.7 Å². The van der Waals surface area contributed by atoms with Crippen LogP contribution in [-0.2, 0) is 11.2 Å². The minimum atomic E-state index is -0.0705. The van der Waals surface area contributed by atoms with Crippen molar-refractivity contribution in [3.8, 4) is 0 Å². The summed E-state index contributed by atoms with van der Waals surface area (Å²) in [6.45, 7) is 8.57. The van der Waals surface area contributed by atoms with Crippen LogP contribution in [0.2, 0.25) is 0 Å². The number of nitrogens with one attached hydrogen (secondary N) is 1. The second-order valence-electron chi connectivity index (χ2n) is 5.87. The molecule has 0 aliphatic carbocycles. The molecular formula is C18H29NO. The van der Waals surface area contributed by atoms with Crippen LogP contribution in [0.25, 0.3) is 0 Å². The first-order valence-corrected chi connectivity index (χ1v) is 7.89. The Morgan fingerprint density at radius 1 is 1.20 bits per heavy atom. The number of rotatable bonds is 9. The average Bonchev–Trinajstić information content (AvgIpc) is 2.47. The van der Waals surface area contributed by atoms with E-state index in [4.69, 9.17) is 0 Å². The monoisotopic (exact) mass is 275 g/mol. The van der Waals surface area contributed by atoms with Gasteiger partial charge in [0.05, 0.1) is 6.04 Å². The van der Waals surface area contributed by atoms with Crippen molar-refractivity contribution in [3.63, 3.8) is 0 Å². The van der Waals surface area contributed by atoms with Gasteiger partial charge < -0.3 is 5.32 Å². The largest absolute Gasteiger partial charge is 0.302 e. The minimum absolute atomic E-state index is 0.0546. The number of Topliss-reactive ketones (excluding diaryl/α,β-unsaturated/α-hetero) is 1. The van der Waals surface area contributed by atoms with Crippen LogP contribution < -0.4 is 5.32 Å².